The Hall–Kier alpha value is -3.29. The molecule has 0 saturated heterocycles. The molecule has 2 aromatic rings. The van der Waals surface area contributed by atoms with E-state index in [1.54, 1.807) is 32.9 Å². The summed E-state index contributed by atoms with van der Waals surface area (Å²) < 4.78 is 20.7. The molecule has 0 saturated carbocycles. The molecule has 0 bridgehead atoms. The minimum absolute atomic E-state index is 0.166. The number of H-pyrrole nitrogens is 1. The Bertz CT molecular complexity index is 929. The van der Waals surface area contributed by atoms with Crippen LogP contribution in [-0.2, 0) is 9.47 Å². The molecular weight excluding hydrogens is 378 g/mol. The van der Waals surface area contributed by atoms with Gasteiger partial charge in [-0.25, -0.2) is 9.59 Å². The van der Waals surface area contributed by atoms with Crippen molar-refractivity contribution in [2.75, 3.05) is 20.8 Å². The Morgan fingerprint density at radius 2 is 1.76 bits per heavy atom. The Balaban J connectivity index is 2.23. The number of hydrogen-bond donors (Lipinski definition) is 1. The number of nitrogens with one attached hydrogen (secondary N) is 1. The van der Waals surface area contributed by atoms with Crippen LogP contribution in [0.25, 0.3) is 0 Å². The summed E-state index contributed by atoms with van der Waals surface area (Å²) in [6.45, 7) is 6.72. The minimum atomic E-state index is -1.08. The molecule has 2 rings (SSSR count). The van der Waals surface area contributed by atoms with Gasteiger partial charge in [0.05, 0.1) is 32.1 Å². The lowest BCUT2D eigenvalue weighted by atomic mass is 10.1. The fourth-order valence-electron chi connectivity index (χ4n) is 2.95. The first kappa shape index (κ1) is 22.0. The van der Waals surface area contributed by atoms with Crippen LogP contribution in [0.5, 0.6) is 11.5 Å². The Kier molecular flexibility index (Phi) is 7.03. The molecule has 0 unspecified atom stereocenters. The monoisotopic (exact) mass is 403 g/mol. The quantitative estimate of drug-likeness (QED) is 0.533. The number of carbonyl (C=O) groups excluding carboxylic acids is 3. The van der Waals surface area contributed by atoms with Gasteiger partial charge < -0.3 is 23.9 Å². The predicted octanol–water partition coefficient (Wildman–Crippen LogP) is 3.25. The SMILES string of the molecule is CCOC(=O)c1c(C)[nH]c(C(=O)[C@@H](C)OC(=O)c2ccc(OC)cc2OC)c1C. The fraction of sp³-hybridized carbons (Fsp3) is 0.381. The van der Waals surface area contributed by atoms with E-state index in [0.717, 1.165) is 0 Å². The average molecular weight is 403 g/mol. The Labute approximate surface area is 169 Å². The molecule has 1 N–H and O–H groups in total. The molecule has 156 valence electrons. The lowest BCUT2D eigenvalue weighted by molar-refractivity contribution is 0.0313. The highest BCUT2D eigenvalue weighted by molar-refractivity contribution is 6.04. The first-order valence-electron chi connectivity index (χ1n) is 9.08. The summed E-state index contributed by atoms with van der Waals surface area (Å²) in [6, 6.07) is 4.64. The van der Waals surface area contributed by atoms with E-state index in [9.17, 15) is 14.4 Å². The van der Waals surface area contributed by atoms with E-state index < -0.39 is 23.8 Å². The van der Waals surface area contributed by atoms with Crippen molar-refractivity contribution >= 4 is 17.7 Å². The van der Waals surface area contributed by atoms with E-state index in [-0.39, 0.29) is 23.6 Å². The van der Waals surface area contributed by atoms with Gasteiger partial charge in [-0.15, -0.1) is 0 Å². The number of ether oxygens (including phenoxy) is 4. The maximum atomic E-state index is 12.8. The lowest BCUT2D eigenvalue weighted by Crippen LogP contribution is -2.25. The minimum Gasteiger partial charge on any atom is -0.497 e. The van der Waals surface area contributed by atoms with Crippen molar-refractivity contribution in [3.05, 3.63) is 46.3 Å². The van der Waals surface area contributed by atoms with Gasteiger partial charge in [-0.3, -0.25) is 4.79 Å². The normalized spacial score (nSPS) is 11.5. The fourth-order valence-corrected chi connectivity index (χ4v) is 2.95. The zero-order valence-corrected chi connectivity index (χ0v) is 17.4. The van der Waals surface area contributed by atoms with Crippen LogP contribution in [0, 0.1) is 13.8 Å². The van der Waals surface area contributed by atoms with E-state index in [1.807, 2.05) is 0 Å². The lowest BCUT2D eigenvalue weighted by Gasteiger charge is -2.14. The van der Waals surface area contributed by atoms with E-state index >= 15 is 0 Å². The van der Waals surface area contributed by atoms with Crippen LogP contribution in [0.1, 0.15) is 56.3 Å². The van der Waals surface area contributed by atoms with Gasteiger partial charge in [-0.1, -0.05) is 0 Å². The smallest absolute Gasteiger partial charge is 0.342 e. The van der Waals surface area contributed by atoms with Gasteiger partial charge >= 0.3 is 11.9 Å². The summed E-state index contributed by atoms with van der Waals surface area (Å²) >= 11 is 0. The van der Waals surface area contributed by atoms with Gasteiger partial charge in [0.25, 0.3) is 0 Å². The zero-order chi connectivity index (χ0) is 21.7. The number of aromatic amines is 1. The molecule has 0 radical (unpaired) electrons. The first-order chi connectivity index (χ1) is 13.7. The van der Waals surface area contributed by atoms with Gasteiger partial charge in [0.2, 0.25) is 5.78 Å². The number of hydrogen-bond acceptors (Lipinski definition) is 7. The van der Waals surface area contributed by atoms with Crippen LogP contribution >= 0.6 is 0 Å². The number of rotatable bonds is 8. The predicted molar refractivity (Wildman–Crippen MR) is 105 cm³/mol. The second-order valence-electron chi connectivity index (χ2n) is 6.32. The van der Waals surface area contributed by atoms with Crippen LogP contribution < -0.4 is 9.47 Å². The van der Waals surface area contributed by atoms with Gasteiger partial charge in [0.1, 0.15) is 17.1 Å². The third kappa shape index (κ3) is 4.59. The summed E-state index contributed by atoms with van der Waals surface area (Å²) in [5.74, 6) is -0.888. The third-order valence-corrected chi connectivity index (χ3v) is 4.45. The number of ketones is 1. The molecule has 0 aliphatic rings. The number of esters is 2. The van der Waals surface area contributed by atoms with Gasteiger partial charge in [-0.2, -0.15) is 0 Å². The Morgan fingerprint density at radius 3 is 2.34 bits per heavy atom. The molecule has 0 aliphatic carbocycles. The van der Waals surface area contributed by atoms with Crippen LogP contribution in [0.4, 0.5) is 0 Å². The molecule has 8 nitrogen and oxygen atoms in total. The molecule has 0 spiro atoms. The second-order valence-corrected chi connectivity index (χ2v) is 6.32. The van der Waals surface area contributed by atoms with Crippen molar-refractivity contribution in [3.63, 3.8) is 0 Å². The van der Waals surface area contributed by atoms with E-state index in [0.29, 0.717) is 22.6 Å². The molecular formula is C21H25NO7. The number of Topliss-reactive ketones (excluding diaryl/α,β-unsaturated/α-hetero) is 1. The van der Waals surface area contributed by atoms with Crippen LogP contribution in [0.3, 0.4) is 0 Å². The molecule has 29 heavy (non-hydrogen) atoms. The summed E-state index contributed by atoms with van der Waals surface area (Å²) in [6.07, 6.45) is -1.08. The van der Waals surface area contributed by atoms with Crippen molar-refractivity contribution in [1.82, 2.24) is 4.98 Å². The highest BCUT2D eigenvalue weighted by Gasteiger charge is 2.28. The number of carbonyl (C=O) groups is 3. The van der Waals surface area contributed by atoms with Gasteiger partial charge in [-0.05, 0) is 45.4 Å². The highest BCUT2D eigenvalue weighted by atomic mass is 16.5. The summed E-state index contributed by atoms with van der Waals surface area (Å²) in [5.41, 5.74) is 1.65. The standard InChI is InChI=1S/C21H25NO7/c1-7-28-21(25)17-11(2)18(22-12(17)3)19(23)13(4)29-20(24)15-9-8-14(26-5)10-16(15)27-6/h8-10,13,22H,7H2,1-6H3/t13-/m1/s1. The molecule has 1 aromatic carbocycles. The van der Waals surface area contributed by atoms with E-state index in [1.165, 1.54) is 27.2 Å². The second kappa shape index (κ2) is 9.27. The van der Waals surface area contributed by atoms with Crippen molar-refractivity contribution in [3.8, 4) is 11.5 Å². The summed E-state index contributed by atoms with van der Waals surface area (Å²) in [7, 11) is 2.92. The van der Waals surface area contributed by atoms with Crippen LogP contribution in [0.15, 0.2) is 18.2 Å². The summed E-state index contributed by atoms with van der Waals surface area (Å²) in [5, 5.41) is 0. The first-order valence-corrected chi connectivity index (χ1v) is 9.08. The van der Waals surface area contributed by atoms with Gasteiger partial charge in [0.15, 0.2) is 6.10 Å². The number of benzene rings is 1. The van der Waals surface area contributed by atoms with E-state index in [2.05, 4.69) is 4.98 Å². The van der Waals surface area contributed by atoms with Crippen molar-refractivity contribution in [2.45, 2.75) is 33.8 Å². The molecule has 1 aromatic heterocycles. The molecule has 0 fully saturated rings. The zero-order valence-electron chi connectivity index (χ0n) is 17.4. The van der Waals surface area contributed by atoms with Crippen LogP contribution in [0.2, 0.25) is 0 Å². The summed E-state index contributed by atoms with van der Waals surface area (Å²) in [4.78, 5) is 40.4. The largest absolute Gasteiger partial charge is 0.497 e. The topological polar surface area (TPSA) is 104 Å². The number of methoxy groups -OCH3 is 2. The molecule has 0 amide bonds. The van der Waals surface area contributed by atoms with Gasteiger partial charge in [0, 0.05) is 11.8 Å². The van der Waals surface area contributed by atoms with E-state index in [4.69, 9.17) is 18.9 Å². The molecule has 1 heterocycles. The van der Waals surface area contributed by atoms with Crippen LogP contribution in [-0.4, -0.2) is 49.6 Å². The molecule has 8 heteroatoms. The average Bonchev–Trinajstić information content (AvgIpc) is 3.00. The molecule has 0 aliphatic heterocycles. The highest BCUT2D eigenvalue weighted by Crippen LogP contribution is 2.26. The maximum Gasteiger partial charge on any atom is 0.342 e. The Morgan fingerprint density at radius 1 is 1.07 bits per heavy atom. The number of aryl methyl sites for hydroxylation is 1. The van der Waals surface area contributed by atoms with Crippen molar-refractivity contribution in [2.24, 2.45) is 0 Å². The third-order valence-electron chi connectivity index (χ3n) is 4.45. The maximum absolute atomic E-state index is 12.8. The van der Waals surface area contributed by atoms with Crippen molar-refractivity contribution in [1.29, 1.82) is 0 Å². The van der Waals surface area contributed by atoms with Crippen molar-refractivity contribution < 1.29 is 33.3 Å². The molecule has 1 atom stereocenters. The number of aromatic nitrogens is 1.